The van der Waals surface area contributed by atoms with Gasteiger partial charge in [0.25, 0.3) is 0 Å². The number of ether oxygens (including phenoxy) is 2. The maximum atomic E-state index is 14.1. The molecule has 0 unspecified atom stereocenters. The summed E-state index contributed by atoms with van der Waals surface area (Å²) in [7, 11) is 0. The van der Waals surface area contributed by atoms with Gasteiger partial charge in [0, 0.05) is 37.7 Å². The molecule has 0 N–H and O–H groups in total. The lowest BCUT2D eigenvalue weighted by Gasteiger charge is -2.24. The fraction of sp³-hybridized carbons (Fsp3) is 0.600. The minimum atomic E-state index is -0.254. The fourth-order valence-electron chi connectivity index (χ4n) is 2.73. The van der Waals surface area contributed by atoms with Gasteiger partial charge in [-0.3, -0.25) is 0 Å². The average molecular weight is 265 g/mol. The summed E-state index contributed by atoms with van der Waals surface area (Å²) < 4.78 is 25.1. The predicted molar refractivity (Wildman–Crippen MR) is 72.3 cm³/mol. The molecule has 2 aliphatic rings. The van der Waals surface area contributed by atoms with Crippen molar-refractivity contribution >= 4 is 5.69 Å². The Bertz CT molecular complexity index is 426. The number of hydrogen-bond acceptors (Lipinski definition) is 3. The Morgan fingerprint density at radius 2 is 1.89 bits per heavy atom. The van der Waals surface area contributed by atoms with E-state index in [1.165, 1.54) is 12.8 Å². The highest BCUT2D eigenvalue weighted by atomic mass is 19.1. The van der Waals surface area contributed by atoms with Gasteiger partial charge in [-0.2, -0.15) is 0 Å². The summed E-state index contributed by atoms with van der Waals surface area (Å²) in [6, 6.07) is 5.32. The van der Waals surface area contributed by atoms with Crippen molar-refractivity contribution in [3.05, 3.63) is 24.0 Å². The molecule has 2 fully saturated rings. The molecule has 3 nitrogen and oxygen atoms in total. The van der Waals surface area contributed by atoms with Gasteiger partial charge < -0.3 is 14.4 Å². The number of hydrogen-bond donors (Lipinski definition) is 0. The molecule has 0 amide bonds. The Kier molecular flexibility index (Phi) is 3.87. The van der Waals surface area contributed by atoms with Crippen LogP contribution in [-0.4, -0.2) is 32.4 Å². The predicted octanol–water partition coefficient (Wildman–Crippen LogP) is 2.98. The lowest BCUT2D eigenvalue weighted by Crippen LogP contribution is -2.26. The van der Waals surface area contributed by atoms with E-state index in [1.54, 1.807) is 12.1 Å². The van der Waals surface area contributed by atoms with E-state index in [0.717, 1.165) is 31.6 Å². The van der Waals surface area contributed by atoms with Crippen molar-refractivity contribution in [1.29, 1.82) is 0 Å². The molecule has 0 radical (unpaired) electrons. The van der Waals surface area contributed by atoms with Crippen molar-refractivity contribution in [2.75, 3.05) is 31.2 Å². The summed E-state index contributed by atoms with van der Waals surface area (Å²) in [6.45, 7) is 3.47. The van der Waals surface area contributed by atoms with Gasteiger partial charge in [-0.05, 0) is 25.0 Å². The Labute approximate surface area is 113 Å². The smallest absolute Gasteiger partial charge is 0.167 e. The van der Waals surface area contributed by atoms with Gasteiger partial charge in [0.15, 0.2) is 11.6 Å². The molecule has 19 heavy (non-hydrogen) atoms. The lowest BCUT2D eigenvalue weighted by molar-refractivity contribution is 0.0240. The summed E-state index contributed by atoms with van der Waals surface area (Å²) in [4.78, 5) is 2.22. The van der Waals surface area contributed by atoms with E-state index in [0.29, 0.717) is 19.0 Å². The zero-order valence-electron chi connectivity index (χ0n) is 11.1. The van der Waals surface area contributed by atoms with Gasteiger partial charge in [0.2, 0.25) is 0 Å². The van der Waals surface area contributed by atoms with Gasteiger partial charge in [-0.1, -0.05) is 0 Å². The number of nitrogens with zero attached hydrogens (tertiary/aromatic N) is 1. The molecular formula is C15H20FNO2. The van der Waals surface area contributed by atoms with Crippen LogP contribution in [0.25, 0.3) is 0 Å². The monoisotopic (exact) mass is 265 g/mol. The van der Waals surface area contributed by atoms with Crippen LogP contribution in [0.15, 0.2) is 18.2 Å². The molecule has 0 bridgehead atoms. The van der Waals surface area contributed by atoms with E-state index in [9.17, 15) is 4.39 Å². The molecule has 2 aliphatic heterocycles. The third kappa shape index (κ3) is 3.00. The second-order valence-electron chi connectivity index (χ2n) is 5.24. The van der Waals surface area contributed by atoms with Crippen LogP contribution in [-0.2, 0) is 4.74 Å². The van der Waals surface area contributed by atoms with E-state index in [1.807, 2.05) is 6.07 Å². The Balaban J connectivity index is 1.68. The number of benzene rings is 1. The van der Waals surface area contributed by atoms with E-state index in [4.69, 9.17) is 9.47 Å². The number of rotatable bonds is 3. The van der Waals surface area contributed by atoms with Crippen molar-refractivity contribution in [3.8, 4) is 5.75 Å². The Morgan fingerprint density at radius 1 is 1.16 bits per heavy atom. The third-order valence-corrected chi connectivity index (χ3v) is 3.85. The zero-order chi connectivity index (χ0) is 13.1. The van der Waals surface area contributed by atoms with Gasteiger partial charge in [-0.25, -0.2) is 4.39 Å². The summed E-state index contributed by atoms with van der Waals surface area (Å²) >= 11 is 0. The van der Waals surface area contributed by atoms with Gasteiger partial charge in [0.05, 0.1) is 13.2 Å². The SMILES string of the molecule is Fc1cc(N2CCCC2)ccc1OC1CCOCC1. The van der Waals surface area contributed by atoms with Crippen molar-refractivity contribution < 1.29 is 13.9 Å². The van der Waals surface area contributed by atoms with E-state index >= 15 is 0 Å². The number of halogens is 1. The first-order valence-corrected chi connectivity index (χ1v) is 7.12. The lowest BCUT2D eigenvalue weighted by atomic mass is 10.1. The van der Waals surface area contributed by atoms with Crippen molar-refractivity contribution in [3.63, 3.8) is 0 Å². The molecule has 0 aromatic heterocycles. The molecule has 2 heterocycles. The standard InChI is InChI=1S/C15H20FNO2/c16-14-11-12(17-7-1-2-8-17)3-4-15(14)19-13-5-9-18-10-6-13/h3-4,11,13H,1-2,5-10H2. The molecule has 2 saturated heterocycles. The fourth-order valence-corrected chi connectivity index (χ4v) is 2.73. The second-order valence-corrected chi connectivity index (χ2v) is 5.24. The van der Waals surface area contributed by atoms with E-state index in [2.05, 4.69) is 4.90 Å². The molecule has 0 spiro atoms. The second kappa shape index (κ2) is 5.78. The highest BCUT2D eigenvalue weighted by Crippen LogP contribution is 2.28. The van der Waals surface area contributed by atoms with Crippen LogP contribution >= 0.6 is 0 Å². The average Bonchev–Trinajstić information content (AvgIpc) is 2.96. The van der Waals surface area contributed by atoms with Crippen LogP contribution in [0, 0.1) is 5.82 Å². The zero-order valence-corrected chi connectivity index (χ0v) is 11.1. The minimum Gasteiger partial charge on any atom is -0.487 e. The molecule has 0 aliphatic carbocycles. The molecular weight excluding hydrogens is 245 g/mol. The summed E-state index contributed by atoms with van der Waals surface area (Å²) in [5.41, 5.74) is 0.967. The highest BCUT2D eigenvalue weighted by molar-refractivity contribution is 5.50. The quantitative estimate of drug-likeness (QED) is 0.838. The molecule has 0 saturated carbocycles. The molecule has 3 rings (SSSR count). The summed E-state index contributed by atoms with van der Waals surface area (Å²) in [6.07, 6.45) is 4.16. The van der Waals surface area contributed by atoms with Crippen LogP contribution in [0.2, 0.25) is 0 Å². The van der Waals surface area contributed by atoms with Gasteiger partial charge in [-0.15, -0.1) is 0 Å². The Hall–Kier alpha value is -1.29. The van der Waals surface area contributed by atoms with E-state index in [-0.39, 0.29) is 11.9 Å². The summed E-state index contributed by atoms with van der Waals surface area (Å²) in [5.74, 6) is 0.116. The van der Waals surface area contributed by atoms with Crippen LogP contribution in [0.1, 0.15) is 25.7 Å². The largest absolute Gasteiger partial charge is 0.487 e. The van der Waals surface area contributed by atoms with Crippen molar-refractivity contribution in [2.45, 2.75) is 31.8 Å². The molecule has 1 aromatic rings. The van der Waals surface area contributed by atoms with Crippen LogP contribution in [0.4, 0.5) is 10.1 Å². The van der Waals surface area contributed by atoms with Crippen LogP contribution in [0.5, 0.6) is 5.75 Å². The first-order valence-electron chi connectivity index (χ1n) is 7.12. The maximum Gasteiger partial charge on any atom is 0.167 e. The Morgan fingerprint density at radius 3 is 2.58 bits per heavy atom. The van der Waals surface area contributed by atoms with E-state index < -0.39 is 0 Å². The topological polar surface area (TPSA) is 21.7 Å². The maximum absolute atomic E-state index is 14.1. The van der Waals surface area contributed by atoms with Crippen molar-refractivity contribution in [2.24, 2.45) is 0 Å². The molecule has 1 aromatic carbocycles. The summed E-state index contributed by atoms with van der Waals surface area (Å²) in [5, 5.41) is 0. The van der Waals surface area contributed by atoms with Gasteiger partial charge >= 0.3 is 0 Å². The first kappa shape index (κ1) is 12.7. The number of anilines is 1. The molecule has 0 atom stereocenters. The van der Waals surface area contributed by atoms with Crippen LogP contribution in [0.3, 0.4) is 0 Å². The third-order valence-electron chi connectivity index (χ3n) is 3.85. The van der Waals surface area contributed by atoms with Crippen LogP contribution < -0.4 is 9.64 Å². The van der Waals surface area contributed by atoms with Crippen molar-refractivity contribution in [1.82, 2.24) is 0 Å². The normalized spacial score (nSPS) is 20.8. The first-order chi connectivity index (χ1) is 9.33. The highest BCUT2D eigenvalue weighted by Gasteiger charge is 2.18. The molecule has 104 valence electrons. The van der Waals surface area contributed by atoms with Gasteiger partial charge in [0.1, 0.15) is 6.10 Å². The minimum absolute atomic E-state index is 0.0842. The molecule has 4 heteroatoms.